The van der Waals surface area contributed by atoms with Crippen molar-refractivity contribution in [3.05, 3.63) is 24.0 Å². The molecule has 0 aromatic carbocycles. The average molecular weight is 293 g/mol. The van der Waals surface area contributed by atoms with Crippen molar-refractivity contribution in [1.82, 2.24) is 15.1 Å². The fraction of sp³-hybridized carbons (Fsp3) is 0.533. The van der Waals surface area contributed by atoms with Gasteiger partial charge in [-0.05, 0) is 17.9 Å². The van der Waals surface area contributed by atoms with Crippen LogP contribution in [0.1, 0.15) is 39.2 Å². The van der Waals surface area contributed by atoms with Gasteiger partial charge in [0.2, 0.25) is 5.91 Å². The highest BCUT2D eigenvalue weighted by atomic mass is 16.4. The highest BCUT2D eigenvalue weighted by Crippen LogP contribution is 2.22. The number of rotatable bonds is 6. The number of aromatic nitrogens is 2. The number of carboxylic acids is 1. The molecule has 1 amide bonds. The molecule has 1 aromatic rings. The molecule has 1 atom stereocenters. The lowest BCUT2D eigenvalue weighted by atomic mass is 9.87. The van der Waals surface area contributed by atoms with Gasteiger partial charge in [0.1, 0.15) is 0 Å². The quantitative estimate of drug-likeness (QED) is 0.784. The molecule has 1 unspecified atom stereocenters. The number of aryl methyl sites for hydroxylation is 1. The van der Waals surface area contributed by atoms with E-state index in [9.17, 15) is 9.59 Å². The van der Waals surface area contributed by atoms with Crippen LogP contribution in [0.5, 0.6) is 0 Å². The standard InChI is InChI=1S/C15H23N3O3/c1-15(2,3)8-12(7-14(20)21)17-13(19)6-5-11-9-16-18(4)10-11/h5-6,9-10,12H,7-8H2,1-4H3,(H,17,19)(H,20,21)/b6-5+. The third kappa shape index (κ3) is 7.29. The monoisotopic (exact) mass is 293 g/mol. The Hall–Kier alpha value is -2.11. The zero-order chi connectivity index (χ0) is 16.0. The van der Waals surface area contributed by atoms with Crippen molar-refractivity contribution >= 4 is 18.0 Å². The largest absolute Gasteiger partial charge is 0.481 e. The van der Waals surface area contributed by atoms with Gasteiger partial charge in [-0.2, -0.15) is 5.10 Å². The minimum absolute atomic E-state index is 0.0551. The molecule has 0 aliphatic rings. The maximum Gasteiger partial charge on any atom is 0.305 e. The molecule has 0 aliphatic carbocycles. The summed E-state index contributed by atoms with van der Waals surface area (Å²) in [6.07, 6.45) is 7.00. The third-order valence-electron chi connectivity index (χ3n) is 2.78. The Bertz CT molecular complexity index is 527. The molecule has 0 saturated heterocycles. The van der Waals surface area contributed by atoms with Crippen molar-refractivity contribution in [2.24, 2.45) is 12.5 Å². The number of hydrogen-bond acceptors (Lipinski definition) is 3. The first-order valence-electron chi connectivity index (χ1n) is 6.85. The smallest absolute Gasteiger partial charge is 0.305 e. The van der Waals surface area contributed by atoms with Gasteiger partial charge in [0.15, 0.2) is 0 Å². The zero-order valence-electron chi connectivity index (χ0n) is 13.0. The number of carbonyl (C=O) groups is 2. The van der Waals surface area contributed by atoms with Crippen LogP contribution in [0.25, 0.3) is 6.08 Å². The van der Waals surface area contributed by atoms with Crippen LogP contribution < -0.4 is 5.32 Å². The van der Waals surface area contributed by atoms with E-state index in [2.05, 4.69) is 10.4 Å². The van der Waals surface area contributed by atoms with Gasteiger partial charge < -0.3 is 10.4 Å². The maximum atomic E-state index is 11.9. The minimum Gasteiger partial charge on any atom is -0.481 e. The molecule has 0 spiro atoms. The Morgan fingerprint density at radius 1 is 1.48 bits per heavy atom. The molecule has 6 nitrogen and oxygen atoms in total. The van der Waals surface area contributed by atoms with E-state index in [1.165, 1.54) is 6.08 Å². The van der Waals surface area contributed by atoms with E-state index >= 15 is 0 Å². The first-order chi connectivity index (χ1) is 9.65. The van der Waals surface area contributed by atoms with Crippen LogP contribution in [0.15, 0.2) is 18.5 Å². The second-order valence-electron chi connectivity index (χ2n) is 6.35. The van der Waals surface area contributed by atoms with Gasteiger partial charge in [-0.15, -0.1) is 0 Å². The molecule has 0 aliphatic heterocycles. The van der Waals surface area contributed by atoms with E-state index in [4.69, 9.17) is 5.11 Å². The van der Waals surface area contributed by atoms with Crippen molar-refractivity contribution in [1.29, 1.82) is 0 Å². The van der Waals surface area contributed by atoms with Crippen molar-refractivity contribution < 1.29 is 14.7 Å². The van der Waals surface area contributed by atoms with E-state index in [0.29, 0.717) is 6.42 Å². The van der Waals surface area contributed by atoms with Crippen molar-refractivity contribution in [3.8, 4) is 0 Å². The fourth-order valence-electron chi connectivity index (χ4n) is 2.07. The lowest BCUT2D eigenvalue weighted by Gasteiger charge is -2.25. The van der Waals surface area contributed by atoms with Crippen LogP contribution in [0, 0.1) is 5.41 Å². The summed E-state index contributed by atoms with van der Waals surface area (Å²) in [5.41, 5.74) is 0.763. The Labute approximate surface area is 124 Å². The summed E-state index contributed by atoms with van der Waals surface area (Å²) in [5, 5.41) is 15.7. The van der Waals surface area contributed by atoms with Crippen LogP contribution in [-0.4, -0.2) is 32.8 Å². The molecular formula is C15H23N3O3. The molecule has 0 fully saturated rings. The van der Waals surface area contributed by atoms with Gasteiger partial charge in [0, 0.05) is 30.9 Å². The first kappa shape index (κ1) is 16.9. The number of aliphatic carboxylic acids is 1. The molecule has 6 heteroatoms. The number of nitrogens with zero attached hydrogens (tertiary/aromatic N) is 2. The number of nitrogens with one attached hydrogen (secondary N) is 1. The Kier molecular flexibility index (Phi) is 5.69. The van der Waals surface area contributed by atoms with Gasteiger partial charge >= 0.3 is 5.97 Å². The Balaban J connectivity index is 2.62. The SMILES string of the molecule is Cn1cc(/C=C/C(=O)NC(CC(=O)O)CC(C)(C)C)cn1. The summed E-state index contributed by atoms with van der Waals surface area (Å²) in [6.45, 7) is 6.04. The zero-order valence-corrected chi connectivity index (χ0v) is 13.0. The highest BCUT2D eigenvalue weighted by molar-refractivity contribution is 5.92. The van der Waals surface area contributed by atoms with Gasteiger partial charge in [-0.3, -0.25) is 14.3 Å². The second kappa shape index (κ2) is 7.06. The van der Waals surface area contributed by atoms with E-state index in [-0.39, 0.29) is 23.8 Å². The Morgan fingerprint density at radius 3 is 2.62 bits per heavy atom. The fourth-order valence-corrected chi connectivity index (χ4v) is 2.07. The number of hydrogen-bond donors (Lipinski definition) is 2. The molecule has 1 rings (SSSR count). The summed E-state index contributed by atoms with van der Waals surface area (Å²) < 4.78 is 1.64. The van der Waals surface area contributed by atoms with Crippen LogP contribution in [-0.2, 0) is 16.6 Å². The summed E-state index contributed by atoms with van der Waals surface area (Å²) in [5.74, 6) is -1.21. The predicted molar refractivity (Wildman–Crippen MR) is 80.5 cm³/mol. The molecule has 1 heterocycles. The number of carbonyl (C=O) groups excluding carboxylic acids is 1. The van der Waals surface area contributed by atoms with Crippen LogP contribution in [0.3, 0.4) is 0 Å². The molecule has 0 saturated carbocycles. The Morgan fingerprint density at radius 2 is 2.14 bits per heavy atom. The second-order valence-corrected chi connectivity index (χ2v) is 6.35. The van der Waals surface area contributed by atoms with Crippen molar-refractivity contribution in [2.75, 3.05) is 0 Å². The summed E-state index contributed by atoms with van der Waals surface area (Å²) in [7, 11) is 1.80. The van der Waals surface area contributed by atoms with Crippen LogP contribution >= 0.6 is 0 Å². The molecule has 0 radical (unpaired) electrons. The van der Waals surface area contributed by atoms with Gasteiger partial charge in [0.25, 0.3) is 0 Å². The lowest BCUT2D eigenvalue weighted by molar-refractivity contribution is -0.137. The first-order valence-corrected chi connectivity index (χ1v) is 6.85. The number of carboxylic acid groups (broad SMARTS) is 1. The number of amides is 1. The lowest BCUT2D eigenvalue weighted by Crippen LogP contribution is -2.38. The van der Waals surface area contributed by atoms with Gasteiger partial charge in [-0.25, -0.2) is 0 Å². The van der Waals surface area contributed by atoms with Gasteiger partial charge in [-0.1, -0.05) is 20.8 Å². The minimum atomic E-state index is -0.916. The summed E-state index contributed by atoms with van der Waals surface area (Å²) >= 11 is 0. The van der Waals surface area contributed by atoms with E-state index in [1.807, 2.05) is 20.8 Å². The van der Waals surface area contributed by atoms with E-state index in [0.717, 1.165) is 5.56 Å². The topological polar surface area (TPSA) is 84.2 Å². The van der Waals surface area contributed by atoms with E-state index in [1.54, 1.807) is 30.2 Å². The van der Waals surface area contributed by atoms with Crippen LogP contribution in [0.4, 0.5) is 0 Å². The summed E-state index contributed by atoms with van der Waals surface area (Å²) in [4.78, 5) is 22.8. The van der Waals surface area contributed by atoms with Crippen molar-refractivity contribution in [3.63, 3.8) is 0 Å². The summed E-state index contributed by atoms with van der Waals surface area (Å²) in [6, 6.07) is -0.381. The normalized spacial score (nSPS) is 13.3. The molecule has 116 valence electrons. The molecule has 0 bridgehead atoms. The van der Waals surface area contributed by atoms with E-state index < -0.39 is 5.97 Å². The highest BCUT2D eigenvalue weighted by Gasteiger charge is 2.22. The average Bonchev–Trinajstić information content (AvgIpc) is 2.69. The predicted octanol–water partition coefficient (Wildman–Crippen LogP) is 1.83. The molecule has 2 N–H and O–H groups in total. The van der Waals surface area contributed by atoms with Gasteiger partial charge in [0.05, 0.1) is 12.6 Å². The van der Waals surface area contributed by atoms with Crippen molar-refractivity contribution in [2.45, 2.75) is 39.7 Å². The molecule has 21 heavy (non-hydrogen) atoms. The van der Waals surface area contributed by atoms with Crippen LogP contribution in [0.2, 0.25) is 0 Å². The molecule has 1 aromatic heterocycles. The third-order valence-corrected chi connectivity index (χ3v) is 2.78. The maximum absolute atomic E-state index is 11.9. The molecular weight excluding hydrogens is 270 g/mol.